The highest BCUT2D eigenvalue weighted by Gasteiger charge is 2.12. The van der Waals surface area contributed by atoms with Crippen LogP contribution in [0.5, 0.6) is 17.2 Å². The second-order valence-corrected chi connectivity index (χ2v) is 7.27. The summed E-state index contributed by atoms with van der Waals surface area (Å²) in [5.74, 6) is 1.32. The number of anilines is 1. The van der Waals surface area contributed by atoms with E-state index in [1.807, 2.05) is 44.2 Å². The van der Waals surface area contributed by atoms with Crippen molar-refractivity contribution in [1.29, 1.82) is 5.26 Å². The number of methoxy groups -OCH3 is 1. The molecule has 0 heterocycles. The van der Waals surface area contributed by atoms with E-state index in [1.54, 1.807) is 49.6 Å². The first kappa shape index (κ1) is 23.4. The number of aryl methyl sites for hydroxylation is 1. The topological polar surface area (TPSA) is 80.6 Å². The summed E-state index contributed by atoms with van der Waals surface area (Å²) < 4.78 is 16.8. The van der Waals surface area contributed by atoms with Gasteiger partial charge in [0.05, 0.1) is 13.7 Å². The summed E-state index contributed by atoms with van der Waals surface area (Å²) in [4.78, 5) is 12.6. The molecule has 0 saturated heterocycles. The second kappa shape index (κ2) is 11.4. The standard InChI is InChI=1S/C27H26N2O4/c1-4-32-26-16-21(9-14-25(26)33-18-20-7-5-19(2)6-8-20)15-22(17-28)27(30)29-23-10-12-24(31-3)13-11-23/h5-16H,4,18H2,1-3H3,(H,29,30)/b22-15+. The van der Waals surface area contributed by atoms with Crippen LogP contribution in [0.1, 0.15) is 23.6 Å². The Balaban J connectivity index is 1.75. The second-order valence-electron chi connectivity index (χ2n) is 7.27. The molecule has 6 nitrogen and oxygen atoms in total. The molecule has 0 aliphatic heterocycles. The first-order valence-electron chi connectivity index (χ1n) is 10.5. The zero-order valence-electron chi connectivity index (χ0n) is 18.9. The van der Waals surface area contributed by atoms with Crippen molar-refractivity contribution >= 4 is 17.7 Å². The van der Waals surface area contributed by atoms with Gasteiger partial charge in [0.15, 0.2) is 11.5 Å². The van der Waals surface area contributed by atoms with Crippen LogP contribution in [0, 0.1) is 18.3 Å². The Morgan fingerprint density at radius 3 is 2.36 bits per heavy atom. The highest BCUT2D eigenvalue weighted by Crippen LogP contribution is 2.30. The normalized spacial score (nSPS) is 10.8. The lowest BCUT2D eigenvalue weighted by Gasteiger charge is -2.13. The van der Waals surface area contributed by atoms with Gasteiger partial charge in [-0.2, -0.15) is 5.26 Å². The number of nitriles is 1. The number of nitrogens with one attached hydrogen (secondary N) is 1. The van der Waals surface area contributed by atoms with E-state index in [0.717, 1.165) is 5.56 Å². The summed E-state index contributed by atoms with van der Waals surface area (Å²) in [6.07, 6.45) is 1.52. The molecule has 0 atom stereocenters. The monoisotopic (exact) mass is 442 g/mol. The third kappa shape index (κ3) is 6.62. The van der Waals surface area contributed by atoms with E-state index in [1.165, 1.54) is 11.6 Å². The fourth-order valence-electron chi connectivity index (χ4n) is 3.04. The molecule has 1 N–H and O–H groups in total. The number of nitrogens with zero attached hydrogens (tertiary/aromatic N) is 1. The summed E-state index contributed by atoms with van der Waals surface area (Å²) >= 11 is 0. The molecule has 0 fully saturated rings. The Morgan fingerprint density at radius 2 is 1.73 bits per heavy atom. The van der Waals surface area contributed by atoms with E-state index in [-0.39, 0.29) is 5.57 Å². The molecule has 0 spiro atoms. The van der Waals surface area contributed by atoms with Crippen LogP contribution >= 0.6 is 0 Å². The summed E-state index contributed by atoms with van der Waals surface area (Å²) in [5.41, 5.74) is 3.43. The molecule has 0 unspecified atom stereocenters. The van der Waals surface area contributed by atoms with Crippen molar-refractivity contribution in [3.05, 3.63) is 89.0 Å². The lowest BCUT2D eigenvalue weighted by atomic mass is 10.1. The predicted octanol–water partition coefficient (Wildman–Crippen LogP) is 5.53. The van der Waals surface area contributed by atoms with Crippen molar-refractivity contribution in [2.24, 2.45) is 0 Å². The molecule has 3 aromatic rings. The number of amides is 1. The van der Waals surface area contributed by atoms with Gasteiger partial charge in [0.1, 0.15) is 24.0 Å². The third-order valence-corrected chi connectivity index (χ3v) is 4.81. The molecular weight excluding hydrogens is 416 g/mol. The summed E-state index contributed by atoms with van der Waals surface area (Å²) in [5, 5.41) is 12.2. The van der Waals surface area contributed by atoms with Crippen LogP contribution in [0.2, 0.25) is 0 Å². The van der Waals surface area contributed by atoms with Crippen molar-refractivity contribution in [2.75, 3.05) is 19.0 Å². The van der Waals surface area contributed by atoms with Gasteiger partial charge in [-0.25, -0.2) is 0 Å². The minimum atomic E-state index is -0.500. The number of hydrogen-bond donors (Lipinski definition) is 1. The highest BCUT2D eigenvalue weighted by atomic mass is 16.5. The molecule has 1 amide bonds. The van der Waals surface area contributed by atoms with Crippen LogP contribution in [0.15, 0.2) is 72.3 Å². The van der Waals surface area contributed by atoms with E-state index in [9.17, 15) is 10.1 Å². The summed E-state index contributed by atoms with van der Waals surface area (Å²) in [6.45, 7) is 4.78. The lowest BCUT2D eigenvalue weighted by Crippen LogP contribution is -2.13. The van der Waals surface area contributed by atoms with Gasteiger partial charge < -0.3 is 19.5 Å². The zero-order chi connectivity index (χ0) is 23.6. The molecule has 0 saturated carbocycles. The smallest absolute Gasteiger partial charge is 0.266 e. The molecule has 6 heteroatoms. The van der Waals surface area contributed by atoms with Crippen LogP contribution in [0.3, 0.4) is 0 Å². The first-order chi connectivity index (χ1) is 16.0. The van der Waals surface area contributed by atoms with Crippen molar-refractivity contribution in [3.63, 3.8) is 0 Å². The van der Waals surface area contributed by atoms with Gasteiger partial charge in [0.2, 0.25) is 0 Å². The maximum atomic E-state index is 12.6. The largest absolute Gasteiger partial charge is 0.497 e. The van der Waals surface area contributed by atoms with Gasteiger partial charge in [-0.15, -0.1) is 0 Å². The van der Waals surface area contributed by atoms with Crippen LogP contribution in [0.4, 0.5) is 5.69 Å². The Kier molecular flexibility index (Phi) is 8.09. The van der Waals surface area contributed by atoms with Crippen LogP contribution in [0.25, 0.3) is 6.08 Å². The number of rotatable bonds is 9. The molecule has 0 bridgehead atoms. The Labute approximate surface area is 194 Å². The number of benzene rings is 3. The molecular formula is C27H26N2O4. The van der Waals surface area contributed by atoms with E-state index in [0.29, 0.717) is 41.7 Å². The highest BCUT2D eigenvalue weighted by molar-refractivity contribution is 6.09. The molecule has 3 rings (SSSR count). The quantitative estimate of drug-likeness (QED) is 0.348. The van der Waals surface area contributed by atoms with Gasteiger partial charge in [-0.1, -0.05) is 35.9 Å². The van der Waals surface area contributed by atoms with Crippen LogP contribution in [-0.2, 0) is 11.4 Å². The molecule has 0 radical (unpaired) electrons. The summed E-state index contributed by atoms with van der Waals surface area (Å²) in [7, 11) is 1.57. The van der Waals surface area contributed by atoms with Crippen molar-refractivity contribution in [3.8, 4) is 23.3 Å². The van der Waals surface area contributed by atoms with Crippen molar-refractivity contribution < 1.29 is 19.0 Å². The fourth-order valence-corrected chi connectivity index (χ4v) is 3.04. The fraction of sp³-hybridized carbons (Fsp3) is 0.185. The van der Waals surface area contributed by atoms with Crippen LogP contribution in [-0.4, -0.2) is 19.6 Å². The predicted molar refractivity (Wildman–Crippen MR) is 128 cm³/mol. The van der Waals surface area contributed by atoms with Crippen molar-refractivity contribution in [1.82, 2.24) is 0 Å². The zero-order valence-corrected chi connectivity index (χ0v) is 18.9. The minimum Gasteiger partial charge on any atom is -0.497 e. The average Bonchev–Trinajstić information content (AvgIpc) is 2.83. The molecule has 168 valence electrons. The van der Waals surface area contributed by atoms with Gasteiger partial charge in [0, 0.05) is 5.69 Å². The third-order valence-electron chi connectivity index (χ3n) is 4.81. The molecule has 0 aliphatic rings. The summed E-state index contributed by atoms with van der Waals surface area (Å²) in [6, 6.07) is 22.3. The maximum absolute atomic E-state index is 12.6. The van der Waals surface area contributed by atoms with Crippen molar-refractivity contribution in [2.45, 2.75) is 20.5 Å². The van der Waals surface area contributed by atoms with E-state index >= 15 is 0 Å². The number of carbonyl (C=O) groups excluding carboxylic acids is 1. The average molecular weight is 443 g/mol. The Hall–Kier alpha value is -4.24. The van der Waals surface area contributed by atoms with E-state index in [2.05, 4.69) is 5.32 Å². The van der Waals surface area contributed by atoms with E-state index in [4.69, 9.17) is 14.2 Å². The maximum Gasteiger partial charge on any atom is 0.266 e. The van der Waals surface area contributed by atoms with Crippen LogP contribution < -0.4 is 19.5 Å². The minimum absolute atomic E-state index is 0.0263. The van der Waals surface area contributed by atoms with Gasteiger partial charge in [0.25, 0.3) is 5.91 Å². The number of carbonyl (C=O) groups is 1. The Morgan fingerprint density at radius 1 is 1.00 bits per heavy atom. The molecule has 0 aromatic heterocycles. The van der Waals surface area contributed by atoms with Gasteiger partial charge in [-0.05, 0) is 67.4 Å². The van der Waals surface area contributed by atoms with Gasteiger partial charge in [-0.3, -0.25) is 4.79 Å². The SMILES string of the molecule is CCOc1cc(/C=C(\C#N)C(=O)Nc2ccc(OC)cc2)ccc1OCc1ccc(C)cc1. The Bertz CT molecular complexity index is 1160. The van der Waals surface area contributed by atoms with Gasteiger partial charge >= 0.3 is 0 Å². The number of ether oxygens (including phenoxy) is 3. The molecule has 0 aliphatic carbocycles. The van der Waals surface area contributed by atoms with E-state index < -0.39 is 5.91 Å². The molecule has 3 aromatic carbocycles. The lowest BCUT2D eigenvalue weighted by molar-refractivity contribution is -0.112. The first-order valence-corrected chi connectivity index (χ1v) is 10.5. The number of hydrogen-bond acceptors (Lipinski definition) is 5. The molecule has 33 heavy (non-hydrogen) atoms.